The predicted molar refractivity (Wildman–Crippen MR) is 96.6 cm³/mol. The number of aryl methyl sites for hydroxylation is 2. The summed E-state index contributed by atoms with van der Waals surface area (Å²) in [6.45, 7) is 9.40. The van der Waals surface area contributed by atoms with Gasteiger partial charge in [-0.05, 0) is 44.1 Å². The summed E-state index contributed by atoms with van der Waals surface area (Å²) in [6.07, 6.45) is 4.65. The Balaban J connectivity index is 1.76. The maximum atomic E-state index is 9.48. The maximum Gasteiger partial charge on any atom is 0.279 e. The lowest BCUT2D eigenvalue weighted by Gasteiger charge is -2.30. The van der Waals surface area contributed by atoms with E-state index in [4.69, 9.17) is 9.62 Å². The molecule has 1 N–H and O–H groups in total. The van der Waals surface area contributed by atoms with Gasteiger partial charge in [0.2, 0.25) is 11.7 Å². The molecule has 0 spiro atoms. The SMILES string of the molecule is CCn1nc(-c2nc(-c3cnc(O)cc3C)no2)c2c1CC(C)(C)CC2. The van der Waals surface area contributed by atoms with Crippen LogP contribution in [0.5, 0.6) is 5.88 Å². The average Bonchev–Trinajstić information content (AvgIpc) is 3.18. The van der Waals surface area contributed by atoms with Crippen molar-refractivity contribution in [1.82, 2.24) is 24.9 Å². The van der Waals surface area contributed by atoms with E-state index in [2.05, 4.69) is 40.6 Å². The molecule has 0 saturated carbocycles. The summed E-state index contributed by atoms with van der Waals surface area (Å²) in [5, 5.41) is 18.3. The molecule has 3 heterocycles. The Kier molecular flexibility index (Phi) is 3.82. The lowest BCUT2D eigenvalue weighted by atomic mass is 9.76. The fourth-order valence-electron chi connectivity index (χ4n) is 3.64. The van der Waals surface area contributed by atoms with Gasteiger partial charge in [-0.25, -0.2) is 4.98 Å². The number of pyridine rings is 1. The monoisotopic (exact) mass is 353 g/mol. The zero-order valence-corrected chi connectivity index (χ0v) is 15.6. The van der Waals surface area contributed by atoms with Crippen molar-refractivity contribution in [3.05, 3.63) is 29.1 Å². The number of aromatic nitrogens is 5. The van der Waals surface area contributed by atoms with Crippen LogP contribution in [0, 0.1) is 12.3 Å². The first-order valence-electron chi connectivity index (χ1n) is 8.96. The normalized spacial score (nSPS) is 15.8. The van der Waals surface area contributed by atoms with Crippen molar-refractivity contribution in [3.63, 3.8) is 0 Å². The Morgan fingerprint density at radius 3 is 2.88 bits per heavy atom. The zero-order valence-electron chi connectivity index (χ0n) is 15.6. The molecule has 26 heavy (non-hydrogen) atoms. The molecule has 0 saturated heterocycles. The molecule has 7 heteroatoms. The Morgan fingerprint density at radius 2 is 2.15 bits per heavy atom. The Morgan fingerprint density at radius 1 is 1.35 bits per heavy atom. The Labute approximate surface area is 152 Å². The highest BCUT2D eigenvalue weighted by Gasteiger charge is 2.32. The number of aromatic hydroxyl groups is 1. The summed E-state index contributed by atoms with van der Waals surface area (Å²) in [5.74, 6) is 0.880. The van der Waals surface area contributed by atoms with Crippen molar-refractivity contribution in [3.8, 4) is 28.9 Å². The van der Waals surface area contributed by atoms with Gasteiger partial charge in [0.1, 0.15) is 0 Å². The quantitative estimate of drug-likeness (QED) is 0.774. The van der Waals surface area contributed by atoms with Crippen LogP contribution in [0.1, 0.15) is 44.0 Å². The second-order valence-electron chi connectivity index (χ2n) is 7.71. The summed E-state index contributed by atoms with van der Waals surface area (Å²) in [4.78, 5) is 8.47. The number of nitrogens with zero attached hydrogens (tertiary/aromatic N) is 5. The lowest BCUT2D eigenvalue weighted by molar-refractivity contribution is 0.304. The summed E-state index contributed by atoms with van der Waals surface area (Å²) < 4.78 is 7.60. The number of fused-ring (bicyclic) bond motifs is 1. The van der Waals surface area contributed by atoms with E-state index in [1.807, 2.05) is 6.92 Å². The molecule has 136 valence electrons. The second kappa shape index (κ2) is 5.93. The first-order chi connectivity index (χ1) is 12.4. The van der Waals surface area contributed by atoms with Crippen LogP contribution < -0.4 is 0 Å². The highest BCUT2D eigenvalue weighted by atomic mass is 16.5. The van der Waals surface area contributed by atoms with Crippen LogP contribution in [0.2, 0.25) is 0 Å². The van der Waals surface area contributed by atoms with Crippen molar-refractivity contribution in [2.45, 2.75) is 53.5 Å². The van der Waals surface area contributed by atoms with Gasteiger partial charge in [-0.15, -0.1) is 0 Å². The van der Waals surface area contributed by atoms with E-state index in [0.29, 0.717) is 11.7 Å². The van der Waals surface area contributed by atoms with Gasteiger partial charge in [-0.3, -0.25) is 4.68 Å². The summed E-state index contributed by atoms with van der Waals surface area (Å²) >= 11 is 0. The molecule has 0 unspecified atom stereocenters. The number of rotatable bonds is 3. The number of hydrogen-bond donors (Lipinski definition) is 1. The minimum absolute atomic E-state index is 0.0201. The van der Waals surface area contributed by atoms with Crippen molar-refractivity contribution in [2.75, 3.05) is 0 Å². The minimum Gasteiger partial charge on any atom is -0.493 e. The molecule has 0 atom stereocenters. The Bertz CT molecular complexity index is 970. The van der Waals surface area contributed by atoms with Gasteiger partial charge in [-0.2, -0.15) is 10.1 Å². The minimum atomic E-state index is -0.0201. The van der Waals surface area contributed by atoms with Crippen molar-refractivity contribution in [2.24, 2.45) is 5.41 Å². The van der Waals surface area contributed by atoms with Crippen molar-refractivity contribution < 1.29 is 9.63 Å². The molecule has 3 aromatic rings. The smallest absolute Gasteiger partial charge is 0.279 e. The molecule has 3 aromatic heterocycles. The molecule has 0 bridgehead atoms. The first kappa shape index (κ1) is 16.8. The van der Waals surface area contributed by atoms with Gasteiger partial charge >= 0.3 is 0 Å². The fraction of sp³-hybridized carbons (Fsp3) is 0.474. The molecule has 0 amide bonds. The molecule has 0 fully saturated rings. The molecular formula is C19H23N5O2. The van der Waals surface area contributed by atoms with Crippen LogP contribution in [-0.2, 0) is 19.4 Å². The predicted octanol–water partition coefficient (Wildman–Crippen LogP) is 3.54. The third kappa shape index (κ3) is 2.77. The van der Waals surface area contributed by atoms with Gasteiger partial charge in [0.25, 0.3) is 5.89 Å². The van der Waals surface area contributed by atoms with Gasteiger partial charge in [0.05, 0.1) is 0 Å². The fourth-order valence-corrected chi connectivity index (χ4v) is 3.64. The van der Waals surface area contributed by atoms with Crippen LogP contribution >= 0.6 is 0 Å². The van der Waals surface area contributed by atoms with Crippen molar-refractivity contribution >= 4 is 0 Å². The van der Waals surface area contributed by atoms with E-state index in [9.17, 15) is 5.11 Å². The van der Waals surface area contributed by atoms with E-state index >= 15 is 0 Å². The van der Waals surface area contributed by atoms with E-state index in [1.54, 1.807) is 12.3 Å². The highest BCUT2D eigenvalue weighted by Crippen LogP contribution is 2.39. The van der Waals surface area contributed by atoms with Gasteiger partial charge in [0.15, 0.2) is 5.69 Å². The first-order valence-corrected chi connectivity index (χ1v) is 8.96. The highest BCUT2D eigenvalue weighted by molar-refractivity contribution is 5.63. The maximum absolute atomic E-state index is 9.48. The lowest BCUT2D eigenvalue weighted by Crippen LogP contribution is -2.24. The number of hydrogen-bond acceptors (Lipinski definition) is 6. The van der Waals surface area contributed by atoms with Crippen molar-refractivity contribution in [1.29, 1.82) is 0 Å². The van der Waals surface area contributed by atoms with Crippen LogP contribution in [0.25, 0.3) is 23.0 Å². The van der Waals surface area contributed by atoms with Crippen LogP contribution in [-0.4, -0.2) is 30.0 Å². The molecule has 0 aliphatic heterocycles. The third-order valence-electron chi connectivity index (χ3n) is 5.13. The topological polar surface area (TPSA) is 89.9 Å². The zero-order chi connectivity index (χ0) is 18.5. The van der Waals surface area contributed by atoms with Gasteiger partial charge < -0.3 is 9.63 Å². The standard InChI is InChI=1S/C19H23N5O2/c1-5-24-14-9-19(3,4)7-6-12(14)16(22-24)18-21-17(23-26-18)13-10-20-15(25)8-11(13)2/h8,10H,5-7,9H2,1-4H3,(H,20,25). The summed E-state index contributed by atoms with van der Waals surface area (Å²) in [5.41, 5.74) is 5.16. The molecule has 0 radical (unpaired) electrons. The summed E-state index contributed by atoms with van der Waals surface area (Å²) in [6, 6.07) is 1.58. The van der Waals surface area contributed by atoms with E-state index < -0.39 is 0 Å². The van der Waals surface area contributed by atoms with Crippen LogP contribution in [0.15, 0.2) is 16.8 Å². The third-order valence-corrected chi connectivity index (χ3v) is 5.13. The van der Waals surface area contributed by atoms with E-state index in [1.165, 1.54) is 11.3 Å². The molecule has 1 aliphatic carbocycles. The molecule has 7 nitrogen and oxygen atoms in total. The van der Waals surface area contributed by atoms with Gasteiger partial charge in [-0.1, -0.05) is 19.0 Å². The molecule has 4 rings (SSSR count). The average molecular weight is 353 g/mol. The van der Waals surface area contributed by atoms with Gasteiger partial charge in [0, 0.05) is 35.6 Å². The van der Waals surface area contributed by atoms with E-state index in [-0.39, 0.29) is 11.3 Å². The molecule has 1 aliphatic rings. The van der Waals surface area contributed by atoms with Crippen LogP contribution in [0.3, 0.4) is 0 Å². The molecular weight excluding hydrogens is 330 g/mol. The molecule has 0 aromatic carbocycles. The van der Waals surface area contributed by atoms with E-state index in [0.717, 1.165) is 42.6 Å². The largest absolute Gasteiger partial charge is 0.493 e. The van der Waals surface area contributed by atoms with Crippen LogP contribution in [0.4, 0.5) is 0 Å². The Hall–Kier alpha value is -2.70. The summed E-state index contributed by atoms with van der Waals surface area (Å²) in [7, 11) is 0. The second-order valence-corrected chi connectivity index (χ2v) is 7.71.